The summed E-state index contributed by atoms with van der Waals surface area (Å²) in [6, 6.07) is -0.0380. The van der Waals surface area contributed by atoms with Crippen LogP contribution in [0.25, 0.3) is 0 Å². The molecular formula is C11H21NO3. The predicted octanol–water partition coefficient (Wildman–Crippen LogP) is 0.785. The first kappa shape index (κ1) is 12.5. The first-order valence-electron chi connectivity index (χ1n) is 5.77. The van der Waals surface area contributed by atoms with E-state index in [1.165, 1.54) is 0 Å². The van der Waals surface area contributed by atoms with E-state index in [9.17, 15) is 9.90 Å². The van der Waals surface area contributed by atoms with Crippen molar-refractivity contribution in [2.75, 3.05) is 19.8 Å². The Morgan fingerprint density at radius 3 is 2.87 bits per heavy atom. The fourth-order valence-electron chi connectivity index (χ4n) is 2.24. The van der Waals surface area contributed by atoms with Crippen molar-refractivity contribution in [3.8, 4) is 0 Å². The number of nitrogens with zero attached hydrogens (tertiary/aromatic N) is 1. The predicted molar refractivity (Wildman–Crippen MR) is 57.5 cm³/mol. The lowest BCUT2D eigenvalue weighted by Gasteiger charge is -2.29. The average molecular weight is 215 g/mol. The minimum atomic E-state index is -0.176. The fourth-order valence-corrected chi connectivity index (χ4v) is 2.24. The van der Waals surface area contributed by atoms with E-state index < -0.39 is 0 Å². The summed E-state index contributed by atoms with van der Waals surface area (Å²) >= 11 is 0. The molecule has 1 fully saturated rings. The van der Waals surface area contributed by atoms with Crippen molar-refractivity contribution in [2.45, 2.75) is 45.2 Å². The molecule has 0 radical (unpaired) electrons. The second-order valence-electron chi connectivity index (χ2n) is 3.89. The molecule has 0 aromatic rings. The molecule has 0 amide bonds. The third-order valence-electron chi connectivity index (χ3n) is 2.98. The maximum absolute atomic E-state index is 11.7. The molecule has 1 rings (SSSR count). The summed E-state index contributed by atoms with van der Waals surface area (Å²) in [7, 11) is 0. The van der Waals surface area contributed by atoms with Crippen LogP contribution in [0.3, 0.4) is 0 Å². The van der Waals surface area contributed by atoms with Crippen LogP contribution in [0.15, 0.2) is 0 Å². The maximum Gasteiger partial charge on any atom is 0.323 e. The van der Waals surface area contributed by atoms with E-state index in [2.05, 4.69) is 4.90 Å². The van der Waals surface area contributed by atoms with Gasteiger partial charge in [0.05, 0.1) is 13.2 Å². The molecule has 0 saturated carbocycles. The Morgan fingerprint density at radius 1 is 1.60 bits per heavy atom. The molecule has 88 valence electrons. The van der Waals surface area contributed by atoms with Crippen LogP contribution in [0.2, 0.25) is 0 Å². The molecule has 0 aromatic carbocycles. The highest BCUT2D eigenvalue weighted by Gasteiger charge is 2.33. The molecule has 4 heteroatoms. The lowest BCUT2D eigenvalue weighted by molar-refractivity contribution is -0.150. The number of hydrogen-bond donors (Lipinski definition) is 1. The number of aliphatic hydroxyl groups excluding tert-OH is 1. The molecule has 0 aliphatic carbocycles. The first-order valence-corrected chi connectivity index (χ1v) is 5.77. The van der Waals surface area contributed by atoms with Crippen LogP contribution in [0, 0.1) is 0 Å². The number of carbonyl (C=O) groups excluding carboxylic acids is 1. The highest BCUT2D eigenvalue weighted by atomic mass is 16.5. The number of hydrogen-bond acceptors (Lipinski definition) is 4. The van der Waals surface area contributed by atoms with Crippen molar-refractivity contribution in [3.05, 3.63) is 0 Å². The van der Waals surface area contributed by atoms with Gasteiger partial charge in [-0.25, -0.2) is 0 Å². The molecule has 1 unspecified atom stereocenters. The van der Waals surface area contributed by atoms with Gasteiger partial charge in [0.25, 0.3) is 0 Å². The monoisotopic (exact) mass is 215 g/mol. The summed E-state index contributed by atoms with van der Waals surface area (Å²) in [5.74, 6) is -0.152. The summed E-state index contributed by atoms with van der Waals surface area (Å²) in [6.45, 7) is 5.25. The van der Waals surface area contributed by atoms with Gasteiger partial charge in [0.2, 0.25) is 0 Å². The topological polar surface area (TPSA) is 49.8 Å². The van der Waals surface area contributed by atoms with Crippen molar-refractivity contribution < 1.29 is 14.6 Å². The second kappa shape index (κ2) is 6.08. The Balaban J connectivity index is 2.60. The number of ether oxygens (including phenoxy) is 1. The van der Waals surface area contributed by atoms with Crippen LogP contribution in [-0.4, -0.2) is 47.8 Å². The summed E-state index contributed by atoms with van der Waals surface area (Å²) in [5.41, 5.74) is 0. The Labute approximate surface area is 91.2 Å². The lowest BCUT2D eigenvalue weighted by atomic mass is 10.1. The summed E-state index contributed by atoms with van der Waals surface area (Å²) in [5, 5.41) is 9.20. The van der Waals surface area contributed by atoms with Gasteiger partial charge in [-0.3, -0.25) is 9.69 Å². The normalized spacial score (nSPS) is 24.1. The Bertz CT molecular complexity index is 208. The third-order valence-corrected chi connectivity index (χ3v) is 2.98. The standard InChI is InChI=1S/C11H21NO3/c1-3-10(11(14)15-4-2)12-7-5-6-9(12)8-13/h9-10,13H,3-8H2,1-2H3/t9-,10?/m0/s1. The van der Waals surface area contributed by atoms with Crippen LogP contribution in [-0.2, 0) is 9.53 Å². The summed E-state index contributed by atoms with van der Waals surface area (Å²) in [4.78, 5) is 13.8. The van der Waals surface area contributed by atoms with Gasteiger partial charge in [-0.15, -0.1) is 0 Å². The first-order chi connectivity index (χ1) is 7.24. The van der Waals surface area contributed by atoms with Crippen LogP contribution in [0.5, 0.6) is 0 Å². The van der Waals surface area contributed by atoms with Gasteiger partial charge in [-0.2, -0.15) is 0 Å². The molecule has 1 aliphatic rings. The van der Waals surface area contributed by atoms with Crippen molar-refractivity contribution in [2.24, 2.45) is 0 Å². The van der Waals surface area contributed by atoms with Gasteiger partial charge < -0.3 is 9.84 Å². The number of rotatable bonds is 5. The Kier molecular flexibility index (Phi) is 5.05. The molecule has 1 heterocycles. The van der Waals surface area contributed by atoms with Crippen LogP contribution >= 0.6 is 0 Å². The van der Waals surface area contributed by atoms with Gasteiger partial charge >= 0.3 is 5.97 Å². The van der Waals surface area contributed by atoms with E-state index in [1.54, 1.807) is 0 Å². The van der Waals surface area contributed by atoms with Gasteiger partial charge in [-0.05, 0) is 32.7 Å². The van der Waals surface area contributed by atoms with Crippen molar-refractivity contribution >= 4 is 5.97 Å². The Hall–Kier alpha value is -0.610. The zero-order valence-corrected chi connectivity index (χ0v) is 9.61. The second-order valence-corrected chi connectivity index (χ2v) is 3.89. The van der Waals surface area contributed by atoms with Crippen molar-refractivity contribution in [1.82, 2.24) is 4.90 Å². The van der Waals surface area contributed by atoms with Gasteiger partial charge in [0.1, 0.15) is 6.04 Å². The minimum absolute atomic E-state index is 0.135. The molecule has 1 saturated heterocycles. The molecular weight excluding hydrogens is 194 g/mol. The van der Waals surface area contributed by atoms with Crippen LogP contribution < -0.4 is 0 Å². The minimum Gasteiger partial charge on any atom is -0.465 e. The molecule has 1 aliphatic heterocycles. The molecule has 15 heavy (non-hydrogen) atoms. The highest BCUT2D eigenvalue weighted by molar-refractivity contribution is 5.75. The summed E-state index contributed by atoms with van der Waals surface area (Å²) < 4.78 is 5.04. The zero-order chi connectivity index (χ0) is 11.3. The van der Waals surface area contributed by atoms with Gasteiger partial charge in [0.15, 0.2) is 0 Å². The third kappa shape index (κ3) is 2.92. The number of aliphatic hydroxyl groups is 1. The molecule has 0 aromatic heterocycles. The van der Waals surface area contributed by atoms with Gasteiger partial charge in [0, 0.05) is 6.04 Å². The number of esters is 1. The number of carbonyl (C=O) groups is 1. The maximum atomic E-state index is 11.7. The lowest BCUT2D eigenvalue weighted by Crippen LogP contribution is -2.45. The molecule has 2 atom stereocenters. The molecule has 1 N–H and O–H groups in total. The average Bonchev–Trinajstić information content (AvgIpc) is 2.67. The van der Waals surface area contributed by atoms with E-state index in [0.717, 1.165) is 25.8 Å². The highest BCUT2D eigenvalue weighted by Crippen LogP contribution is 2.21. The van der Waals surface area contributed by atoms with Crippen molar-refractivity contribution in [1.29, 1.82) is 0 Å². The van der Waals surface area contributed by atoms with Crippen LogP contribution in [0.1, 0.15) is 33.1 Å². The Morgan fingerprint density at radius 2 is 2.33 bits per heavy atom. The quantitative estimate of drug-likeness (QED) is 0.689. The van der Waals surface area contributed by atoms with E-state index in [-0.39, 0.29) is 24.7 Å². The van der Waals surface area contributed by atoms with E-state index >= 15 is 0 Å². The van der Waals surface area contributed by atoms with Gasteiger partial charge in [-0.1, -0.05) is 6.92 Å². The smallest absolute Gasteiger partial charge is 0.323 e. The van der Waals surface area contributed by atoms with E-state index in [4.69, 9.17) is 4.74 Å². The van der Waals surface area contributed by atoms with E-state index in [1.807, 2.05) is 13.8 Å². The molecule has 4 nitrogen and oxygen atoms in total. The van der Waals surface area contributed by atoms with Crippen LogP contribution in [0.4, 0.5) is 0 Å². The largest absolute Gasteiger partial charge is 0.465 e. The SMILES string of the molecule is CCOC(=O)C(CC)N1CCC[C@H]1CO. The van der Waals surface area contributed by atoms with E-state index in [0.29, 0.717) is 6.61 Å². The van der Waals surface area contributed by atoms with Crippen molar-refractivity contribution in [3.63, 3.8) is 0 Å². The molecule has 0 spiro atoms. The number of likely N-dealkylation sites (tertiary alicyclic amines) is 1. The molecule has 0 bridgehead atoms. The zero-order valence-electron chi connectivity index (χ0n) is 9.61. The summed E-state index contributed by atoms with van der Waals surface area (Å²) in [6.07, 6.45) is 2.78. The fraction of sp³-hybridized carbons (Fsp3) is 0.909.